The molecule has 0 amide bonds. The third kappa shape index (κ3) is 4.95. The number of carboxylic acids is 1. The van der Waals surface area contributed by atoms with Crippen LogP contribution in [0, 0.1) is 11.7 Å². The molecule has 1 saturated carbocycles. The topological polar surface area (TPSA) is 120 Å². The number of ether oxygens (including phenoxy) is 1. The summed E-state index contributed by atoms with van der Waals surface area (Å²) in [6.45, 7) is 0. The Kier molecular flexibility index (Phi) is 6.69. The number of carbonyl (C=O) groups is 1. The Morgan fingerprint density at radius 2 is 2.03 bits per heavy atom. The first-order valence-corrected chi connectivity index (χ1v) is 13.3. The monoisotopic (exact) mass is 526 g/mol. The molecule has 0 radical (unpaired) electrons. The number of nitrogens with two attached hydrogens (primary N) is 1. The van der Waals surface area contributed by atoms with E-state index in [1.807, 2.05) is 12.1 Å². The second-order valence-corrected chi connectivity index (χ2v) is 10.5. The number of rotatable bonds is 9. The number of thiazole rings is 1. The lowest BCUT2D eigenvalue weighted by atomic mass is 9.97. The summed E-state index contributed by atoms with van der Waals surface area (Å²) in [7, 11) is -0.162. The summed E-state index contributed by atoms with van der Waals surface area (Å²) in [6.07, 6.45) is 3.48. The minimum absolute atomic E-state index is 0.0419. The van der Waals surface area contributed by atoms with E-state index < -0.39 is 22.8 Å². The number of methoxy groups -OCH3 is 1. The van der Waals surface area contributed by atoms with E-state index in [0.29, 0.717) is 33.6 Å². The minimum Gasteiger partial charge on any atom is -0.494 e. The highest BCUT2D eigenvalue weighted by atomic mass is 32.2. The van der Waals surface area contributed by atoms with Gasteiger partial charge in [0.2, 0.25) is 5.13 Å². The molecule has 1 fully saturated rings. The van der Waals surface area contributed by atoms with Crippen molar-refractivity contribution in [2.45, 2.75) is 30.6 Å². The SMILES string of the molecule is COc1cc(-c2nn(-c3nc(C(=O)O)cs3)c(CC3CC3)c2Cc2ccc(S(N)=O)cc2)ccc1F. The van der Waals surface area contributed by atoms with Crippen LogP contribution in [0.5, 0.6) is 5.75 Å². The lowest BCUT2D eigenvalue weighted by Gasteiger charge is -2.10. The number of halogens is 1. The van der Waals surface area contributed by atoms with Gasteiger partial charge >= 0.3 is 5.97 Å². The van der Waals surface area contributed by atoms with Crippen LogP contribution in [0.2, 0.25) is 0 Å². The molecule has 1 aliphatic carbocycles. The molecule has 36 heavy (non-hydrogen) atoms. The summed E-state index contributed by atoms with van der Waals surface area (Å²) < 4.78 is 32.7. The van der Waals surface area contributed by atoms with Gasteiger partial charge in [-0.2, -0.15) is 5.10 Å². The molecular weight excluding hydrogens is 503 g/mol. The van der Waals surface area contributed by atoms with E-state index in [1.165, 1.54) is 29.9 Å². The van der Waals surface area contributed by atoms with Crippen molar-refractivity contribution in [2.24, 2.45) is 11.1 Å². The highest BCUT2D eigenvalue weighted by Gasteiger charge is 2.29. The molecule has 0 bridgehead atoms. The van der Waals surface area contributed by atoms with Crippen LogP contribution in [0.4, 0.5) is 4.39 Å². The molecule has 0 aliphatic heterocycles. The molecule has 1 unspecified atom stereocenters. The quantitative estimate of drug-likeness (QED) is 0.334. The molecule has 3 N–H and O–H groups in total. The van der Waals surface area contributed by atoms with Gasteiger partial charge in [-0.15, -0.1) is 11.3 Å². The predicted molar refractivity (Wildman–Crippen MR) is 134 cm³/mol. The molecule has 11 heteroatoms. The van der Waals surface area contributed by atoms with Crippen molar-refractivity contribution in [1.29, 1.82) is 0 Å². The Morgan fingerprint density at radius 3 is 2.64 bits per heavy atom. The lowest BCUT2D eigenvalue weighted by molar-refractivity contribution is 0.0691. The van der Waals surface area contributed by atoms with Crippen molar-refractivity contribution in [1.82, 2.24) is 14.8 Å². The van der Waals surface area contributed by atoms with Gasteiger partial charge in [0.05, 0.1) is 23.4 Å². The molecule has 2 aromatic heterocycles. The van der Waals surface area contributed by atoms with Gasteiger partial charge in [0.1, 0.15) is 11.0 Å². The Balaban J connectivity index is 1.67. The number of carboxylic acid groups (broad SMARTS) is 1. The number of benzene rings is 2. The average molecular weight is 527 g/mol. The average Bonchev–Trinajstić information content (AvgIpc) is 3.42. The van der Waals surface area contributed by atoms with Gasteiger partial charge < -0.3 is 9.84 Å². The normalized spacial score (nSPS) is 14.1. The third-order valence-corrected chi connectivity index (χ3v) is 7.68. The zero-order valence-electron chi connectivity index (χ0n) is 19.3. The van der Waals surface area contributed by atoms with Crippen LogP contribution < -0.4 is 9.88 Å². The van der Waals surface area contributed by atoms with Crippen LogP contribution in [-0.4, -0.2) is 37.2 Å². The van der Waals surface area contributed by atoms with E-state index in [2.05, 4.69) is 4.98 Å². The first-order valence-electron chi connectivity index (χ1n) is 11.2. The van der Waals surface area contributed by atoms with E-state index in [-0.39, 0.29) is 11.4 Å². The number of hydrogen-bond donors (Lipinski definition) is 2. The third-order valence-electron chi connectivity index (χ3n) is 6.12. The zero-order chi connectivity index (χ0) is 25.4. The molecule has 2 heterocycles. The molecule has 0 saturated heterocycles. The van der Waals surface area contributed by atoms with Gasteiger partial charge in [0.15, 0.2) is 17.3 Å². The first kappa shape index (κ1) is 24.3. The summed E-state index contributed by atoms with van der Waals surface area (Å²) in [5.74, 6) is -0.962. The fourth-order valence-electron chi connectivity index (χ4n) is 4.08. The Bertz CT molecular complexity index is 1460. The van der Waals surface area contributed by atoms with Crippen molar-refractivity contribution in [3.05, 3.63) is 76.2 Å². The summed E-state index contributed by atoms with van der Waals surface area (Å²) in [5.41, 5.74) is 4.11. The van der Waals surface area contributed by atoms with Crippen LogP contribution in [0.1, 0.15) is 40.2 Å². The van der Waals surface area contributed by atoms with Crippen LogP contribution >= 0.6 is 11.3 Å². The second kappa shape index (κ2) is 9.92. The minimum atomic E-state index is -1.57. The largest absolute Gasteiger partial charge is 0.494 e. The number of nitrogens with zero attached hydrogens (tertiary/aromatic N) is 3. The molecule has 1 aliphatic rings. The Hall–Kier alpha value is -3.41. The van der Waals surface area contributed by atoms with E-state index in [1.54, 1.807) is 28.9 Å². The van der Waals surface area contributed by atoms with Gasteiger partial charge in [0.25, 0.3) is 0 Å². The van der Waals surface area contributed by atoms with Crippen LogP contribution in [-0.2, 0) is 23.8 Å². The van der Waals surface area contributed by atoms with Crippen LogP contribution in [0.15, 0.2) is 52.7 Å². The van der Waals surface area contributed by atoms with Gasteiger partial charge in [-0.05, 0) is 61.1 Å². The maximum Gasteiger partial charge on any atom is 0.355 e. The predicted octanol–water partition coefficient (Wildman–Crippen LogP) is 4.37. The van der Waals surface area contributed by atoms with Gasteiger partial charge in [-0.1, -0.05) is 12.1 Å². The number of aromatic nitrogens is 3. The van der Waals surface area contributed by atoms with Gasteiger partial charge in [-0.25, -0.2) is 28.2 Å². The van der Waals surface area contributed by atoms with E-state index in [0.717, 1.165) is 36.1 Å². The fourth-order valence-corrected chi connectivity index (χ4v) is 5.26. The van der Waals surface area contributed by atoms with E-state index in [4.69, 9.17) is 15.0 Å². The number of aromatic carboxylic acids is 1. The summed E-state index contributed by atoms with van der Waals surface area (Å²) >= 11 is 1.21. The summed E-state index contributed by atoms with van der Waals surface area (Å²) in [5, 5.41) is 21.7. The molecule has 2 aromatic carbocycles. The van der Waals surface area contributed by atoms with Crippen LogP contribution in [0.25, 0.3) is 16.4 Å². The molecule has 5 rings (SSSR count). The standard InChI is InChI=1S/C25H23FN4O4S2/c1-34-22-12-16(6-9-19(22)26)23-18(10-14-4-7-17(8-5-14)36(27)33)21(11-15-2-3-15)30(29-23)25-28-20(13-35-25)24(31)32/h4-9,12-13,15H,2-3,10-11,27H2,1H3,(H,31,32). The number of hydrogen-bond acceptors (Lipinski definition) is 6. The van der Waals surface area contributed by atoms with Crippen molar-refractivity contribution >= 4 is 28.3 Å². The first-order chi connectivity index (χ1) is 17.3. The maximum atomic E-state index is 14.2. The second-order valence-electron chi connectivity index (χ2n) is 8.62. The smallest absolute Gasteiger partial charge is 0.355 e. The van der Waals surface area contributed by atoms with Gasteiger partial charge in [0, 0.05) is 22.9 Å². The van der Waals surface area contributed by atoms with Gasteiger partial charge in [-0.3, -0.25) is 0 Å². The molecule has 186 valence electrons. The van der Waals surface area contributed by atoms with Crippen molar-refractivity contribution in [2.75, 3.05) is 7.11 Å². The lowest BCUT2D eigenvalue weighted by Crippen LogP contribution is -2.06. The molecule has 8 nitrogen and oxygen atoms in total. The van der Waals surface area contributed by atoms with E-state index in [9.17, 15) is 18.5 Å². The molecule has 1 atom stereocenters. The maximum absolute atomic E-state index is 14.2. The molecule has 4 aromatic rings. The fraction of sp³-hybridized carbons (Fsp3) is 0.240. The van der Waals surface area contributed by atoms with Crippen molar-refractivity contribution in [3.8, 4) is 22.1 Å². The highest BCUT2D eigenvalue weighted by molar-refractivity contribution is 7.82. The summed E-state index contributed by atoms with van der Waals surface area (Å²) in [6, 6.07) is 11.8. The van der Waals surface area contributed by atoms with Crippen molar-refractivity contribution in [3.63, 3.8) is 0 Å². The van der Waals surface area contributed by atoms with Crippen molar-refractivity contribution < 1.29 is 23.2 Å². The summed E-state index contributed by atoms with van der Waals surface area (Å²) in [4.78, 5) is 16.3. The van der Waals surface area contributed by atoms with Crippen LogP contribution in [0.3, 0.4) is 0 Å². The molecular formula is C25H23FN4O4S2. The molecule has 0 spiro atoms. The zero-order valence-corrected chi connectivity index (χ0v) is 20.9. The highest BCUT2D eigenvalue weighted by Crippen LogP contribution is 2.38. The Labute approximate surface area is 213 Å². The van der Waals surface area contributed by atoms with E-state index >= 15 is 0 Å². The Morgan fingerprint density at radius 1 is 1.28 bits per heavy atom.